The van der Waals surface area contributed by atoms with Gasteiger partial charge in [-0.15, -0.1) is 0 Å². The van der Waals surface area contributed by atoms with Crippen molar-refractivity contribution in [3.63, 3.8) is 0 Å². The number of hydrogen-bond donors (Lipinski definition) is 1. The Morgan fingerprint density at radius 2 is 2.05 bits per heavy atom. The van der Waals surface area contributed by atoms with Gasteiger partial charge in [0.1, 0.15) is 11.6 Å². The minimum Gasteiger partial charge on any atom is -0.436 e. The number of ether oxygens (including phenoxy) is 1. The predicted octanol–water partition coefficient (Wildman–Crippen LogP) is 3.26. The molecule has 0 saturated carbocycles. The van der Waals surface area contributed by atoms with Crippen LogP contribution in [0.15, 0.2) is 18.5 Å². The average molecular weight is 289 g/mol. The van der Waals surface area contributed by atoms with Crippen molar-refractivity contribution >= 4 is 5.82 Å². The molecule has 114 valence electrons. The van der Waals surface area contributed by atoms with E-state index < -0.39 is 0 Å². The third kappa shape index (κ3) is 4.44. The summed E-state index contributed by atoms with van der Waals surface area (Å²) in [5.41, 5.74) is 0. The predicted molar refractivity (Wildman–Crippen MR) is 82.8 cm³/mol. The van der Waals surface area contributed by atoms with Crippen LogP contribution in [0.4, 0.5) is 5.82 Å². The molecule has 0 aromatic carbocycles. The SMILES string of the molecule is CCCNc1cc(Oc2cnn(CC)c2)nc(CCC)n1. The molecule has 6 heteroatoms. The van der Waals surface area contributed by atoms with Gasteiger partial charge in [0.05, 0.1) is 12.4 Å². The average Bonchev–Trinajstić information content (AvgIpc) is 2.93. The summed E-state index contributed by atoms with van der Waals surface area (Å²) in [7, 11) is 0. The lowest BCUT2D eigenvalue weighted by molar-refractivity contribution is 0.457. The summed E-state index contributed by atoms with van der Waals surface area (Å²) < 4.78 is 7.61. The largest absolute Gasteiger partial charge is 0.436 e. The molecule has 0 fully saturated rings. The zero-order valence-electron chi connectivity index (χ0n) is 13.0. The lowest BCUT2D eigenvalue weighted by atomic mass is 10.3. The maximum Gasteiger partial charge on any atom is 0.224 e. The second kappa shape index (κ2) is 7.61. The molecule has 1 N–H and O–H groups in total. The quantitative estimate of drug-likeness (QED) is 0.808. The van der Waals surface area contributed by atoms with Gasteiger partial charge in [-0.25, -0.2) is 4.98 Å². The topological polar surface area (TPSA) is 64.9 Å². The molecule has 2 aromatic rings. The van der Waals surface area contributed by atoms with Crippen LogP contribution in [0.1, 0.15) is 39.4 Å². The van der Waals surface area contributed by atoms with E-state index in [4.69, 9.17) is 4.74 Å². The van der Waals surface area contributed by atoms with E-state index in [1.807, 2.05) is 23.9 Å². The van der Waals surface area contributed by atoms with Crippen molar-refractivity contribution in [2.45, 2.75) is 46.6 Å². The molecule has 0 aliphatic heterocycles. The van der Waals surface area contributed by atoms with Gasteiger partial charge in [0.2, 0.25) is 5.88 Å². The molecule has 21 heavy (non-hydrogen) atoms. The number of anilines is 1. The first kappa shape index (κ1) is 15.3. The van der Waals surface area contributed by atoms with Crippen molar-refractivity contribution in [2.75, 3.05) is 11.9 Å². The van der Waals surface area contributed by atoms with Crippen LogP contribution in [0.5, 0.6) is 11.6 Å². The minimum atomic E-state index is 0.558. The Kier molecular flexibility index (Phi) is 5.54. The van der Waals surface area contributed by atoms with Crippen molar-refractivity contribution in [3.8, 4) is 11.6 Å². The van der Waals surface area contributed by atoms with E-state index in [-0.39, 0.29) is 0 Å². The van der Waals surface area contributed by atoms with E-state index in [0.717, 1.165) is 44.0 Å². The standard InChI is InChI=1S/C15H23N5O/c1-4-7-13-18-14(16-8-5-2)9-15(19-13)21-12-10-17-20(6-3)11-12/h9-11H,4-8H2,1-3H3,(H,16,18,19). The third-order valence-corrected chi connectivity index (χ3v) is 2.93. The molecular weight excluding hydrogens is 266 g/mol. The maximum absolute atomic E-state index is 5.79. The Balaban J connectivity index is 2.17. The first-order valence-corrected chi connectivity index (χ1v) is 7.57. The first-order chi connectivity index (χ1) is 10.2. The van der Waals surface area contributed by atoms with Gasteiger partial charge in [0.15, 0.2) is 5.75 Å². The second-order valence-corrected chi connectivity index (χ2v) is 4.82. The summed E-state index contributed by atoms with van der Waals surface area (Å²) in [5.74, 6) is 2.87. The van der Waals surface area contributed by atoms with E-state index in [1.54, 1.807) is 6.20 Å². The molecule has 2 aromatic heterocycles. The fraction of sp³-hybridized carbons (Fsp3) is 0.533. The molecule has 0 bridgehead atoms. The molecule has 0 unspecified atom stereocenters. The van der Waals surface area contributed by atoms with Gasteiger partial charge in [-0.3, -0.25) is 4.68 Å². The van der Waals surface area contributed by atoms with Crippen LogP contribution in [0.3, 0.4) is 0 Å². The smallest absolute Gasteiger partial charge is 0.224 e. The van der Waals surface area contributed by atoms with E-state index in [1.165, 1.54) is 0 Å². The van der Waals surface area contributed by atoms with Gasteiger partial charge in [-0.2, -0.15) is 10.1 Å². The summed E-state index contributed by atoms with van der Waals surface area (Å²) in [4.78, 5) is 8.95. The molecule has 0 radical (unpaired) electrons. The molecule has 2 rings (SSSR count). The number of nitrogens with zero attached hydrogens (tertiary/aromatic N) is 4. The zero-order chi connectivity index (χ0) is 15.1. The van der Waals surface area contributed by atoms with Gasteiger partial charge >= 0.3 is 0 Å². The molecule has 2 heterocycles. The number of hydrogen-bond acceptors (Lipinski definition) is 5. The van der Waals surface area contributed by atoms with Crippen molar-refractivity contribution in [3.05, 3.63) is 24.3 Å². The van der Waals surface area contributed by atoms with Crippen LogP contribution in [-0.2, 0) is 13.0 Å². The molecule has 6 nitrogen and oxygen atoms in total. The second-order valence-electron chi connectivity index (χ2n) is 4.82. The maximum atomic E-state index is 5.79. The summed E-state index contributed by atoms with van der Waals surface area (Å²) in [6.45, 7) is 7.97. The van der Waals surface area contributed by atoms with E-state index in [9.17, 15) is 0 Å². The number of aryl methyl sites for hydroxylation is 2. The Morgan fingerprint density at radius 1 is 1.19 bits per heavy atom. The molecule has 0 atom stereocenters. The summed E-state index contributed by atoms with van der Waals surface area (Å²) in [6, 6.07) is 1.83. The summed E-state index contributed by atoms with van der Waals surface area (Å²) in [5, 5.41) is 7.48. The van der Waals surface area contributed by atoms with Crippen molar-refractivity contribution in [1.29, 1.82) is 0 Å². The van der Waals surface area contributed by atoms with Crippen molar-refractivity contribution < 1.29 is 4.74 Å². The Labute approximate surface area is 125 Å². The fourth-order valence-corrected chi connectivity index (χ4v) is 1.90. The summed E-state index contributed by atoms with van der Waals surface area (Å²) >= 11 is 0. The van der Waals surface area contributed by atoms with Gasteiger partial charge < -0.3 is 10.1 Å². The molecule has 0 aliphatic carbocycles. The number of rotatable bonds is 8. The van der Waals surface area contributed by atoms with E-state index in [2.05, 4.69) is 34.2 Å². The lowest BCUT2D eigenvalue weighted by Crippen LogP contribution is -2.06. The van der Waals surface area contributed by atoms with Crippen LogP contribution in [0.25, 0.3) is 0 Å². The van der Waals surface area contributed by atoms with E-state index >= 15 is 0 Å². The molecule has 0 spiro atoms. The van der Waals surface area contributed by atoms with Crippen LogP contribution in [-0.4, -0.2) is 26.3 Å². The van der Waals surface area contributed by atoms with E-state index in [0.29, 0.717) is 11.6 Å². The number of nitrogens with one attached hydrogen (secondary N) is 1. The van der Waals surface area contributed by atoms with Gasteiger partial charge in [0, 0.05) is 25.6 Å². The van der Waals surface area contributed by atoms with Crippen LogP contribution in [0, 0.1) is 0 Å². The molecule has 0 amide bonds. The van der Waals surface area contributed by atoms with Crippen LogP contribution < -0.4 is 10.1 Å². The normalized spacial score (nSPS) is 10.6. The highest BCUT2D eigenvalue weighted by Crippen LogP contribution is 2.21. The van der Waals surface area contributed by atoms with Crippen LogP contribution >= 0.6 is 0 Å². The first-order valence-electron chi connectivity index (χ1n) is 7.57. The van der Waals surface area contributed by atoms with Gasteiger partial charge in [-0.05, 0) is 19.8 Å². The Morgan fingerprint density at radius 3 is 2.71 bits per heavy atom. The third-order valence-electron chi connectivity index (χ3n) is 2.93. The Hall–Kier alpha value is -2.11. The summed E-state index contributed by atoms with van der Waals surface area (Å²) in [6.07, 6.45) is 6.45. The minimum absolute atomic E-state index is 0.558. The highest BCUT2D eigenvalue weighted by Gasteiger charge is 2.07. The zero-order valence-corrected chi connectivity index (χ0v) is 13.0. The van der Waals surface area contributed by atoms with Gasteiger partial charge in [-0.1, -0.05) is 13.8 Å². The van der Waals surface area contributed by atoms with Crippen LogP contribution in [0.2, 0.25) is 0 Å². The van der Waals surface area contributed by atoms with Gasteiger partial charge in [0.25, 0.3) is 0 Å². The van der Waals surface area contributed by atoms with Crippen molar-refractivity contribution in [1.82, 2.24) is 19.7 Å². The number of aromatic nitrogens is 4. The lowest BCUT2D eigenvalue weighted by Gasteiger charge is -2.09. The molecule has 0 saturated heterocycles. The highest BCUT2D eigenvalue weighted by atomic mass is 16.5. The monoisotopic (exact) mass is 289 g/mol. The fourth-order valence-electron chi connectivity index (χ4n) is 1.90. The Bertz CT molecular complexity index is 567. The molecule has 0 aliphatic rings. The van der Waals surface area contributed by atoms with Crippen molar-refractivity contribution in [2.24, 2.45) is 0 Å². The highest BCUT2D eigenvalue weighted by molar-refractivity contribution is 5.39. The molecular formula is C15H23N5O.